The number of ether oxygens (including phenoxy) is 1. The molecule has 1 fully saturated rings. The summed E-state index contributed by atoms with van der Waals surface area (Å²) in [5.74, 6) is 1.27. The number of aromatic nitrogens is 3. The van der Waals surface area contributed by atoms with Crippen LogP contribution >= 0.6 is 0 Å². The Hall–Kier alpha value is -2.36. The van der Waals surface area contributed by atoms with Crippen LogP contribution in [0.15, 0.2) is 0 Å². The molecule has 10 nitrogen and oxygen atoms in total. The largest absolute Gasteiger partial charge is 0.444 e. The van der Waals surface area contributed by atoms with Gasteiger partial charge in [-0.15, -0.1) is 0 Å². The molecular weight excluding hydrogens is 374 g/mol. The van der Waals surface area contributed by atoms with Gasteiger partial charge in [-0.1, -0.05) is 13.8 Å². The van der Waals surface area contributed by atoms with Crippen molar-refractivity contribution >= 4 is 23.9 Å². The van der Waals surface area contributed by atoms with E-state index in [1.807, 2.05) is 25.7 Å². The SMILES string of the molecule is CCCN(CCC)c1nc(N(C)O)nc(N2CCN(C(=O)OC(C)(C)C)CC2)n1. The van der Waals surface area contributed by atoms with Gasteiger partial charge >= 0.3 is 6.09 Å². The average molecular weight is 410 g/mol. The fourth-order valence-corrected chi connectivity index (χ4v) is 3.04. The molecule has 0 aliphatic carbocycles. The van der Waals surface area contributed by atoms with Crippen LogP contribution in [0.25, 0.3) is 0 Å². The molecule has 1 aromatic heterocycles. The molecule has 1 aromatic rings. The smallest absolute Gasteiger partial charge is 0.410 e. The summed E-state index contributed by atoms with van der Waals surface area (Å²) in [5.41, 5.74) is -0.514. The summed E-state index contributed by atoms with van der Waals surface area (Å²) in [4.78, 5) is 31.6. The van der Waals surface area contributed by atoms with Gasteiger partial charge in [0, 0.05) is 46.3 Å². The molecule has 0 atom stereocenters. The predicted molar refractivity (Wildman–Crippen MR) is 113 cm³/mol. The summed E-state index contributed by atoms with van der Waals surface area (Å²) in [5, 5.41) is 10.8. The van der Waals surface area contributed by atoms with Crippen LogP contribution in [0.5, 0.6) is 0 Å². The number of rotatable bonds is 7. The van der Waals surface area contributed by atoms with Gasteiger partial charge in [0.1, 0.15) is 5.60 Å². The molecule has 1 aliphatic heterocycles. The van der Waals surface area contributed by atoms with Crippen molar-refractivity contribution in [3.63, 3.8) is 0 Å². The average Bonchev–Trinajstić information content (AvgIpc) is 2.66. The molecule has 1 amide bonds. The summed E-state index contributed by atoms with van der Waals surface area (Å²) in [7, 11) is 1.49. The summed E-state index contributed by atoms with van der Waals surface area (Å²) >= 11 is 0. The number of carbonyl (C=O) groups excluding carboxylic acids is 1. The Morgan fingerprint density at radius 1 is 1.03 bits per heavy atom. The zero-order chi connectivity index (χ0) is 21.6. The highest BCUT2D eigenvalue weighted by Crippen LogP contribution is 2.20. The molecule has 10 heteroatoms. The maximum Gasteiger partial charge on any atom is 0.410 e. The quantitative estimate of drug-likeness (QED) is 0.681. The molecule has 0 saturated carbocycles. The Kier molecular flexibility index (Phi) is 7.83. The van der Waals surface area contributed by atoms with Crippen LogP contribution in [0, 0.1) is 0 Å². The highest BCUT2D eigenvalue weighted by Gasteiger charge is 2.27. The predicted octanol–water partition coefficient (Wildman–Crippen LogP) is 2.38. The van der Waals surface area contributed by atoms with E-state index in [9.17, 15) is 10.0 Å². The molecule has 164 valence electrons. The summed E-state index contributed by atoms with van der Waals surface area (Å²) in [6.07, 6.45) is 1.64. The van der Waals surface area contributed by atoms with Gasteiger partial charge in [0.2, 0.25) is 11.9 Å². The molecule has 1 N–H and O–H groups in total. The fourth-order valence-electron chi connectivity index (χ4n) is 3.04. The van der Waals surface area contributed by atoms with Crippen molar-refractivity contribution in [2.75, 3.05) is 61.2 Å². The number of nitrogens with zero attached hydrogens (tertiary/aromatic N) is 7. The number of amides is 1. The number of hydroxylamine groups is 1. The minimum absolute atomic E-state index is 0.205. The molecule has 29 heavy (non-hydrogen) atoms. The maximum atomic E-state index is 12.3. The maximum absolute atomic E-state index is 12.3. The van der Waals surface area contributed by atoms with Gasteiger partial charge in [-0.05, 0) is 33.6 Å². The lowest BCUT2D eigenvalue weighted by Crippen LogP contribution is -2.50. The molecule has 1 saturated heterocycles. The number of piperazine rings is 1. The van der Waals surface area contributed by atoms with Crippen LogP contribution < -0.4 is 14.9 Å². The zero-order valence-electron chi connectivity index (χ0n) is 18.6. The van der Waals surface area contributed by atoms with Crippen LogP contribution in [0.4, 0.5) is 22.6 Å². The summed E-state index contributed by atoms with van der Waals surface area (Å²) in [6, 6.07) is 0. The lowest BCUT2D eigenvalue weighted by Gasteiger charge is -2.36. The number of hydrogen-bond donors (Lipinski definition) is 1. The van der Waals surface area contributed by atoms with Crippen LogP contribution in [-0.2, 0) is 4.74 Å². The lowest BCUT2D eigenvalue weighted by atomic mass is 10.2. The molecule has 0 radical (unpaired) electrons. The topological polar surface area (TPSA) is 98.2 Å². The standard InChI is InChI=1S/C19H35N7O3/c1-7-9-24(10-8-2)16-20-15(23(6)28)21-17(22-16)25-11-13-26(14-12-25)18(27)29-19(3,4)5/h28H,7-14H2,1-6H3. The zero-order valence-corrected chi connectivity index (χ0v) is 18.6. The lowest BCUT2D eigenvalue weighted by molar-refractivity contribution is 0.0240. The summed E-state index contributed by atoms with van der Waals surface area (Å²) < 4.78 is 5.45. The van der Waals surface area contributed by atoms with E-state index in [4.69, 9.17) is 4.74 Å². The molecule has 0 bridgehead atoms. The molecular formula is C19H35N7O3. The van der Waals surface area contributed by atoms with Gasteiger partial charge in [0.25, 0.3) is 5.95 Å². The second kappa shape index (κ2) is 9.91. The molecule has 0 aromatic carbocycles. The van der Waals surface area contributed by atoms with Crippen LogP contribution in [0.2, 0.25) is 0 Å². The second-order valence-corrected chi connectivity index (χ2v) is 8.20. The third kappa shape index (κ3) is 6.59. The Balaban J connectivity index is 2.16. The van der Waals surface area contributed by atoms with Crippen LogP contribution in [-0.4, -0.2) is 83.1 Å². The first kappa shape index (κ1) is 22.9. The van der Waals surface area contributed by atoms with Crippen molar-refractivity contribution in [3.05, 3.63) is 0 Å². The fraction of sp³-hybridized carbons (Fsp3) is 0.789. The van der Waals surface area contributed by atoms with E-state index in [-0.39, 0.29) is 12.0 Å². The third-order valence-electron chi connectivity index (χ3n) is 4.37. The van der Waals surface area contributed by atoms with Gasteiger partial charge in [-0.2, -0.15) is 15.0 Å². The first-order chi connectivity index (χ1) is 13.6. The highest BCUT2D eigenvalue weighted by molar-refractivity contribution is 5.68. The van der Waals surface area contributed by atoms with Gasteiger partial charge in [0.15, 0.2) is 0 Å². The Labute approximate surface area is 173 Å². The number of anilines is 3. The minimum Gasteiger partial charge on any atom is -0.444 e. The van der Waals surface area contributed by atoms with Crippen molar-refractivity contribution in [1.82, 2.24) is 19.9 Å². The third-order valence-corrected chi connectivity index (χ3v) is 4.37. The Morgan fingerprint density at radius 3 is 2.07 bits per heavy atom. The van der Waals surface area contributed by atoms with Crippen molar-refractivity contribution in [2.24, 2.45) is 0 Å². The van der Waals surface area contributed by atoms with E-state index >= 15 is 0 Å². The van der Waals surface area contributed by atoms with E-state index < -0.39 is 5.60 Å². The first-order valence-electron chi connectivity index (χ1n) is 10.3. The second-order valence-electron chi connectivity index (χ2n) is 8.20. The molecule has 0 spiro atoms. The monoisotopic (exact) mass is 409 g/mol. The molecule has 1 aliphatic rings. The molecule has 2 heterocycles. The van der Waals surface area contributed by atoms with Crippen molar-refractivity contribution in [1.29, 1.82) is 0 Å². The highest BCUT2D eigenvalue weighted by atomic mass is 16.6. The van der Waals surface area contributed by atoms with E-state index in [1.54, 1.807) is 4.90 Å². The van der Waals surface area contributed by atoms with Gasteiger partial charge < -0.3 is 19.4 Å². The van der Waals surface area contributed by atoms with Crippen LogP contribution in [0.3, 0.4) is 0 Å². The van der Waals surface area contributed by atoms with Gasteiger partial charge in [-0.3, -0.25) is 5.21 Å². The minimum atomic E-state index is -0.514. The van der Waals surface area contributed by atoms with Gasteiger partial charge in [-0.25, -0.2) is 9.86 Å². The first-order valence-corrected chi connectivity index (χ1v) is 10.3. The van der Waals surface area contributed by atoms with Crippen molar-refractivity contribution in [3.8, 4) is 0 Å². The number of hydrogen-bond acceptors (Lipinski definition) is 9. The molecule has 0 unspecified atom stereocenters. The van der Waals surface area contributed by atoms with E-state index in [2.05, 4.69) is 33.7 Å². The summed E-state index contributed by atoms with van der Waals surface area (Å²) in [6.45, 7) is 13.7. The van der Waals surface area contributed by atoms with Crippen molar-refractivity contribution in [2.45, 2.75) is 53.1 Å². The number of carbonyl (C=O) groups is 1. The Morgan fingerprint density at radius 2 is 1.59 bits per heavy atom. The van der Waals surface area contributed by atoms with E-state index in [0.29, 0.717) is 38.1 Å². The normalized spacial score (nSPS) is 14.7. The van der Waals surface area contributed by atoms with Crippen LogP contribution in [0.1, 0.15) is 47.5 Å². The van der Waals surface area contributed by atoms with Gasteiger partial charge in [0.05, 0.1) is 0 Å². The Bertz CT molecular complexity index is 664. The van der Waals surface area contributed by atoms with E-state index in [0.717, 1.165) is 31.0 Å². The van der Waals surface area contributed by atoms with Crippen molar-refractivity contribution < 1.29 is 14.7 Å². The molecule has 2 rings (SSSR count). The van der Waals surface area contributed by atoms with E-state index in [1.165, 1.54) is 7.05 Å².